The van der Waals surface area contributed by atoms with Crippen LogP contribution in [0.1, 0.15) is 35.9 Å². The van der Waals surface area contributed by atoms with Crippen molar-refractivity contribution in [2.24, 2.45) is 0 Å². The molecule has 13 heavy (non-hydrogen) atoms. The van der Waals surface area contributed by atoms with E-state index < -0.39 is 0 Å². The van der Waals surface area contributed by atoms with E-state index in [-0.39, 0.29) is 0 Å². The van der Waals surface area contributed by atoms with Gasteiger partial charge < -0.3 is 0 Å². The summed E-state index contributed by atoms with van der Waals surface area (Å²) in [5, 5.41) is 0. The standard InChI is InChI=1S/C12H16S/c1-3-4-5-6-7-8-12-10-9-11(2)13-12/h9-10H,3-4,7-8H2,1-2H3. The first-order valence-electron chi connectivity index (χ1n) is 4.84. The molecule has 1 aromatic heterocycles. The lowest BCUT2D eigenvalue weighted by molar-refractivity contribution is 0.976. The Hall–Kier alpha value is -0.740. The van der Waals surface area contributed by atoms with E-state index in [2.05, 4.69) is 37.8 Å². The second kappa shape index (κ2) is 5.83. The van der Waals surface area contributed by atoms with Gasteiger partial charge in [0, 0.05) is 22.6 Å². The van der Waals surface area contributed by atoms with Crippen molar-refractivity contribution >= 4 is 11.3 Å². The number of rotatable bonds is 3. The Labute approximate surface area is 85.0 Å². The van der Waals surface area contributed by atoms with Gasteiger partial charge in [-0.1, -0.05) is 6.92 Å². The molecule has 0 saturated carbocycles. The van der Waals surface area contributed by atoms with Gasteiger partial charge in [-0.05, 0) is 31.9 Å². The maximum absolute atomic E-state index is 3.20. The molecule has 0 nitrogen and oxygen atoms in total. The Bertz CT molecular complexity index is 298. The van der Waals surface area contributed by atoms with E-state index in [0.717, 1.165) is 19.3 Å². The Morgan fingerprint density at radius 3 is 2.62 bits per heavy atom. The van der Waals surface area contributed by atoms with Crippen molar-refractivity contribution in [3.05, 3.63) is 21.9 Å². The molecule has 0 atom stereocenters. The van der Waals surface area contributed by atoms with Crippen LogP contribution in [-0.2, 0) is 6.42 Å². The van der Waals surface area contributed by atoms with Crippen LogP contribution in [0.3, 0.4) is 0 Å². The second-order valence-corrected chi connectivity index (χ2v) is 4.49. The monoisotopic (exact) mass is 192 g/mol. The van der Waals surface area contributed by atoms with Gasteiger partial charge in [-0.15, -0.1) is 23.2 Å². The lowest BCUT2D eigenvalue weighted by Gasteiger charge is -1.88. The topological polar surface area (TPSA) is 0 Å². The molecule has 0 aromatic carbocycles. The minimum Gasteiger partial charge on any atom is -0.146 e. The molecule has 0 amide bonds. The molecule has 0 aliphatic rings. The van der Waals surface area contributed by atoms with Crippen LogP contribution in [-0.4, -0.2) is 0 Å². The zero-order valence-electron chi connectivity index (χ0n) is 8.39. The van der Waals surface area contributed by atoms with E-state index in [4.69, 9.17) is 0 Å². The van der Waals surface area contributed by atoms with Gasteiger partial charge in [0.2, 0.25) is 0 Å². The van der Waals surface area contributed by atoms with Crippen LogP contribution in [0.25, 0.3) is 0 Å². The number of unbranched alkanes of at least 4 members (excludes halogenated alkanes) is 1. The van der Waals surface area contributed by atoms with Crippen LogP contribution in [0.5, 0.6) is 0 Å². The van der Waals surface area contributed by atoms with Gasteiger partial charge in [0.15, 0.2) is 0 Å². The maximum atomic E-state index is 3.20. The van der Waals surface area contributed by atoms with Crippen molar-refractivity contribution in [3.8, 4) is 11.8 Å². The second-order valence-electron chi connectivity index (χ2n) is 3.12. The lowest BCUT2D eigenvalue weighted by Crippen LogP contribution is -1.75. The molecule has 0 aliphatic heterocycles. The fourth-order valence-electron chi connectivity index (χ4n) is 1.11. The fourth-order valence-corrected chi connectivity index (χ4v) is 2.00. The number of aryl methyl sites for hydroxylation is 2. The molecule has 1 aromatic rings. The predicted octanol–water partition coefficient (Wildman–Crippen LogP) is 3.79. The minimum absolute atomic E-state index is 1.01. The maximum Gasteiger partial charge on any atom is 0.0137 e. The zero-order chi connectivity index (χ0) is 9.52. The first kappa shape index (κ1) is 10.3. The molecule has 1 rings (SSSR count). The Morgan fingerprint density at radius 2 is 2.00 bits per heavy atom. The molecule has 0 aliphatic carbocycles. The Balaban J connectivity index is 2.24. The predicted molar refractivity (Wildman–Crippen MR) is 60.1 cm³/mol. The summed E-state index contributed by atoms with van der Waals surface area (Å²) in [6.07, 6.45) is 4.35. The molecule has 1 heteroatoms. The van der Waals surface area contributed by atoms with Crippen molar-refractivity contribution in [2.45, 2.75) is 39.5 Å². The highest BCUT2D eigenvalue weighted by Gasteiger charge is 1.93. The molecule has 0 N–H and O–H groups in total. The summed E-state index contributed by atoms with van der Waals surface area (Å²) in [6.45, 7) is 4.31. The lowest BCUT2D eigenvalue weighted by atomic mass is 10.2. The van der Waals surface area contributed by atoms with E-state index in [0.29, 0.717) is 0 Å². The average Bonchev–Trinajstić information content (AvgIpc) is 2.51. The third-order valence-electron chi connectivity index (χ3n) is 1.79. The molecule has 0 fully saturated rings. The quantitative estimate of drug-likeness (QED) is 0.639. The molecule has 70 valence electrons. The summed E-state index contributed by atoms with van der Waals surface area (Å²) in [6, 6.07) is 4.39. The molecular weight excluding hydrogens is 176 g/mol. The molecule has 0 bridgehead atoms. The van der Waals surface area contributed by atoms with E-state index in [9.17, 15) is 0 Å². The van der Waals surface area contributed by atoms with Gasteiger partial charge in [0.05, 0.1) is 0 Å². The molecule has 1 heterocycles. The third-order valence-corrected chi connectivity index (χ3v) is 2.85. The first-order chi connectivity index (χ1) is 6.33. The van der Waals surface area contributed by atoms with E-state index in [1.807, 2.05) is 11.3 Å². The van der Waals surface area contributed by atoms with Crippen LogP contribution in [0.2, 0.25) is 0 Å². The Kier molecular flexibility index (Phi) is 4.64. The molecule has 0 spiro atoms. The first-order valence-corrected chi connectivity index (χ1v) is 5.65. The molecule has 0 unspecified atom stereocenters. The highest BCUT2D eigenvalue weighted by molar-refractivity contribution is 7.11. The fraction of sp³-hybridized carbons (Fsp3) is 0.500. The van der Waals surface area contributed by atoms with Crippen molar-refractivity contribution in [3.63, 3.8) is 0 Å². The smallest absolute Gasteiger partial charge is 0.0137 e. The van der Waals surface area contributed by atoms with Crippen LogP contribution in [0, 0.1) is 18.8 Å². The van der Waals surface area contributed by atoms with Crippen LogP contribution in [0.4, 0.5) is 0 Å². The number of hydrogen-bond acceptors (Lipinski definition) is 1. The van der Waals surface area contributed by atoms with Gasteiger partial charge in [0.1, 0.15) is 0 Å². The zero-order valence-corrected chi connectivity index (χ0v) is 9.21. The summed E-state index contributed by atoms with van der Waals surface area (Å²) >= 11 is 1.88. The van der Waals surface area contributed by atoms with Gasteiger partial charge in [-0.25, -0.2) is 0 Å². The van der Waals surface area contributed by atoms with Crippen molar-refractivity contribution in [2.75, 3.05) is 0 Å². The van der Waals surface area contributed by atoms with Gasteiger partial charge in [0.25, 0.3) is 0 Å². The summed E-state index contributed by atoms with van der Waals surface area (Å²) in [4.78, 5) is 2.86. The SMILES string of the molecule is CCCC#CCCc1ccc(C)s1. The van der Waals surface area contributed by atoms with E-state index in [1.54, 1.807) is 0 Å². The number of thiophene rings is 1. The summed E-state index contributed by atoms with van der Waals surface area (Å²) in [5.41, 5.74) is 0. The molecular formula is C12H16S. The van der Waals surface area contributed by atoms with E-state index in [1.165, 1.54) is 16.2 Å². The highest BCUT2D eigenvalue weighted by Crippen LogP contribution is 2.16. The van der Waals surface area contributed by atoms with Gasteiger partial charge >= 0.3 is 0 Å². The van der Waals surface area contributed by atoms with Crippen molar-refractivity contribution in [1.82, 2.24) is 0 Å². The number of hydrogen-bond donors (Lipinski definition) is 0. The van der Waals surface area contributed by atoms with Crippen molar-refractivity contribution < 1.29 is 0 Å². The summed E-state index contributed by atoms with van der Waals surface area (Å²) in [5.74, 6) is 6.37. The Morgan fingerprint density at radius 1 is 1.23 bits per heavy atom. The largest absolute Gasteiger partial charge is 0.146 e. The highest BCUT2D eigenvalue weighted by atomic mass is 32.1. The molecule has 0 saturated heterocycles. The minimum atomic E-state index is 1.01. The van der Waals surface area contributed by atoms with E-state index >= 15 is 0 Å². The summed E-state index contributed by atoms with van der Waals surface area (Å²) in [7, 11) is 0. The van der Waals surface area contributed by atoms with Crippen molar-refractivity contribution in [1.29, 1.82) is 0 Å². The van der Waals surface area contributed by atoms with Crippen LogP contribution < -0.4 is 0 Å². The van der Waals surface area contributed by atoms with Gasteiger partial charge in [-0.3, -0.25) is 0 Å². The normalized spacial score (nSPS) is 9.38. The average molecular weight is 192 g/mol. The third kappa shape index (κ3) is 4.15. The van der Waals surface area contributed by atoms with Gasteiger partial charge in [-0.2, -0.15) is 0 Å². The summed E-state index contributed by atoms with van der Waals surface area (Å²) < 4.78 is 0. The van der Waals surface area contributed by atoms with Crippen LogP contribution >= 0.6 is 11.3 Å². The molecule has 0 radical (unpaired) electrons. The van der Waals surface area contributed by atoms with Crippen LogP contribution in [0.15, 0.2) is 12.1 Å².